The molecule has 0 fully saturated rings. The second-order valence-electron chi connectivity index (χ2n) is 6.91. The lowest BCUT2D eigenvalue weighted by atomic mass is 10.1. The Balaban J connectivity index is 1.98. The fraction of sp³-hybridized carbons (Fsp3) is 0.136. The van der Waals surface area contributed by atoms with Gasteiger partial charge in [-0.05, 0) is 49.2 Å². The van der Waals surface area contributed by atoms with Gasteiger partial charge in [0.2, 0.25) is 5.91 Å². The first-order chi connectivity index (χ1) is 14.7. The third-order valence-corrected chi connectivity index (χ3v) is 6.50. The van der Waals surface area contributed by atoms with Crippen LogP contribution in [0.2, 0.25) is 0 Å². The Hall–Kier alpha value is -3.72. The Morgan fingerprint density at radius 2 is 1.52 bits per heavy atom. The number of nitrogens with one attached hydrogen (secondary N) is 1. The quantitative estimate of drug-likeness (QED) is 0.441. The molecule has 0 saturated carbocycles. The maximum Gasteiger partial charge on any atom is 0.269 e. The zero-order valence-electron chi connectivity index (χ0n) is 17.0. The van der Waals surface area contributed by atoms with Crippen LogP contribution in [0.4, 0.5) is 17.1 Å². The van der Waals surface area contributed by atoms with E-state index in [9.17, 15) is 23.3 Å². The highest BCUT2D eigenvalue weighted by atomic mass is 32.2. The van der Waals surface area contributed by atoms with Crippen molar-refractivity contribution in [3.8, 4) is 0 Å². The average Bonchev–Trinajstić information content (AvgIpc) is 2.75. The molecule has 160 valence electrons. The van der Waals surface area contributed by atoms with Gasteiger partial charge >= 0.3 is 0 Å². The summed E-state index contributed by atoms with van der Waals surface area (Å²) < 4.78 is 27.5. The summed E-state index contributed by atoms with van der Waals surface area (Å²) in [5, 5.41) is 13.7. The molecule has 0 heterocycles. The van der Waals surface area contributed by atoms with Gasteiger partial charge in [-0.2, -0.15) is 0 Å². The molecule has 0 aromatic heterocycles. The van der Waals surface area contributed by atoms with Crippen molar-refractivity contribution in [3.05, 3.63) is 94.0 Å². The molecule has 0 atom stereocenters. The molecule has 0 unspecified atom stereocenters. The Bertz CT molecular complexity index is 1190. The monoisotopic (exact) mass is 439 g/mol. The van der Waals surface area contributed by atoms with Gasteiger partial charge < -0.3 is 5.32 Å². The van der Waals surface area contributed by atoms with Crippen molar-refractivity contribution < 1.29 is 18.1 Å². The number of nitro benzene ring substituents is 1. The Kier molecular flexibility index (Phi) is 6.36. The Morgan fingerprint density at radius 3 is 2.06 bits per heavy atom. The summed E-state index contributed by atoms with van der Waals surface area (Å²) in [6.07, 6.45) is 0. The number of sulfonamides is 1. The van der Waals surface area contributed by atoms with Crippen LogP contribution < -0.4 is 9.62 Å². The maximum absolute atomic E-state index is 13.3. The summed E-state index contributed by atoms with van der Waals surface area (Å²) in [4.78, 5) is 23.2. The molecule has 0 saturated heterocycles. The fourth-order valence-electron chi connectivity index (χ4n) is 3.10. The van der Waals surface area contributed by atoms with Crippen LogP contribution in [0.15, 0.2) is 77.7 Å². The number of nitrogens with zero attached hydrogens (tertiary/aromatic N) is 2. The third kappa shape index (κ3) is 4.89. The molecule has 0 bridgehead atoms. The number of carbonyl (C=O) groups excluding carboxylic acids is 1. The van der Waals surface area contributed by atoms with E-state index in [2.05, 4.69) is 5.32 Å². The number of aryl methyl sites for hydroxylation is 2. The van der Waals surface area contributed by atoms with E-state index in [4.69, 9.17) is 0 Å². The lowest BCUT2D eigenvalue weighted by Gasteiger charge is -2.24. The van der Waals surface area contributed by atoms with Crippen molar-refractivity contribution in [1.29, 1.82) is 0 Å². The second kappa shape index (κ2) is 8.97. The molecule has 0 aliphatic heterocycles. The van der Waals surface area contributed by atoms with Crippen LogP contribution in [0.5, 0.6) is 0 Å². The first-order valence-electron chi connectivity index (χ1n) is 9.38. The van der Waals surface area contributed by atoms with Crippen molar-refractivity contribution in [1.82, 2.24) is 0 Å². The van der Waals surface area contributed by atoms with E-state index in [0.717, 1.165) is 15.4 Å². The van der Waals surface area contributed by atoms with Crippen molar-refractivity contribution in [2.75, 3.05) is 16.2 Å². The van der Waals surface area contributed by atoms with Gasteiger partial charge in [-0.1, -0.05) is 36.4 Å². The van der Waals surface area contributed by atoms with Crippen LogP contribution in [0, 0.1) is 24.0 Å². The summed E-state index contributed by atoms with van der Waals surface area (Å²) >= 11 is 0. The van der Waals surface area contributed by atoms with Crippen molar-refractivity contribution in [2.45, 2.75) is 18.7 Å². The van der Waals surface area contributed by atoms with E-state index in [0.29, 0.717) is 5.69 Å². The summed E-state index contributed by atoms with van der Waals surface area (Å²) in [7, 11) is -4.09. The van der Waals surface area contributed by atoms with Crippen LogP contribution >= 0.6 is 0 Å². The second-order valence-corrected chi connectivity index (χ2v) is 8.78. The molecular weight excluding hydrogens is 418 g/mol. The molecule has 3 aromatic carbocycles. The van der Waals surface area contributed by atoms with Crippen LogP contribution in [0.25, 0.3) is 0 Å². The molecule has 0 radical (unpaired) electrons. The smallest absolute Gasteiger partial charge is 0.269 e. The number of non-ortho nitro benzene ring substituents is 1. The number of para-hydroxylation sites is 1. The lowest BCUT2D eigenvalue weighted by molar-refractivity contribution is -0.384. The molecule has 0 aliphatic carbocycles. The molecule has 0 aliphatic rings. The zero-order chi connectivity index (χ0) is 22.6. The van der Waals surface area contributed by atoms with E-state index in [1.165, 1.54) is 36.4 Å². The highest BCUT2D eigenvalue weighted by molar-refractivity contribution is 7.92. The lowest BCUT2D eigenvalue weighted by Crippen LogP contribution is -2.38. The molecule has 3 aromatic rings. The van der Waals surface area contributed by atoms with Gasteiger partial charge in [0.25, 0.3) is 15.7 Å². The molecule has 8 nitrogen and oxygen atoms in total. The number of nitro groups is 1. The first-order valence-corrected chi connectivity index (χ1v) is 10.8. The largest absolute Gasteiger partial charge is 0.324 e. The van der Waals surface area contributed by atoms with Gasteiger partial charge in [-0.15, -0.1) is 0 Å². The SMILES string of the molecule is Cc1cccc(C)c1NC(=O)CN(c1ccc([N+](=O)[O-])cc1)S(=O)(=O)c1ccccc1. The number of rotatable bonds is 7. The number of benzene rings is 3. The van der Waals surface area contributed by atoms with E-state index >= 15 is 0 Å². The van der Waals surface area contributed by atoms with Gasteiger partial charge in [0.05, 0.1) is 15.5 Å². The summed E-state index contributed by atoms with van der Waals surface area (Å²) in [6, 6.07) is 18.3. The third-order valence-electron chi connectivity index (χ3n) is 4.71. The predicted octanol–water partition coefficient (Wildman–Crippen LogP) is 4.05. The number of carbonyl (C=O) groups is 1. The minimum absolute atomic E-state index is 0.00762. The maximum atomic E-state index is 13.3. The van der Waals surface area contributed by atoms with Gasteiger partial charge in [0.15, 0.2) is 0 Å². The van der Waals surface area contributed by atoms with Crippen LogP contribution in [0.1, 0.15) is 11.1 Å². The van der Waals surface area contributed by atoms with Crippen LogP contribution in [0.3, 0.4) is 0 Å². The minimum atomic E-state index is -4.09. The highest BCUT2D eigenvalue weighted by Crippen LogP contribution is 2.26. The average molecular weight is 439 g/mol. The van der Waals surface area contributed by atoms with Gasteiger partial charge in [-0.3, -0.25) is 19.2 Å². The number of hydrogen-bond donors (Lipinski definition) is 1. The molecule has 0 spiro atoms. The highest BCUT2D eigenvalue weighted by Gasteiger charge is 2.27. The van der Waals surface area contributed by atoms with Crippen molar-refractivity contribution >= 4 is 33.0 Å². The summed E-state index contributed by atoms with van der Waals surface area (Å²) in [6.45, 7) is 3.19. The van der Waals surface area contributed by atoms with Gasteiger partial charge in [0.1, 0.15) is 6.54 Å². The number of amides is 1. The van der Waals surface area contributed by atoms with Crippen LogP contribution in [-0.4, -0.2) is 25.8 Å². The molecule has 9 heteroatoms. The zero-order valence-corrected chi connectivity index (χ0v) is 17.8. The van der Waals surface area contributed by atoms with E-state index in [1.54, 1.807) is 18.2 Å². The normalized spacial score (nSPS) is 11.0. The standard InChI is InChI=1S/C22H21N3O5S/c1-16-7-6-8-17(2)22(16)23-21(26)15-24(18-11-13-19(14-12-18)25(27)28)31(29,30)20-9-4-3-5-10-20/h3-14H,15H2,1-2H3,(H,23,26). The Morgan fingerprint density at radius 1 is 0.935 bits per heavy atom. The number of anilines is 2. The molecule has 1 amide bonds. The molecule has 31 heavy (non-hydrogen) atoms. The van der Waals surface area contributed by atoms with Gasteiger partial charge in [-0.25, -0.2) is 8.42 Å². The van der Waals surface area contributed by atoms with Crippen LogP contribution in [-0.2, 0) is 14.8 Å². The summed E-state index contributed by atoms with van der Waals surface area (Å²) in [5.74, 6) is -0.532. The van der Waals surface area contributed by atoms with Crippen molar-refractivity contribution in [2.24, 2.45) is 0 Å². The van der Waals surface area contributed by atoms with Crippen molar-refractivity contribution in [3.63, 3.8) is 0 Å². The summed E-state index contributed by atoms with van der Waals surface area (Å²) in [5.41, 5.74) is 2.28. The topological polar surface area (TPSA) is 110 Å². The molecular formula is C22H21N3O5S. The van der Waals surface area contributed by atoms with E-state index < -0.39 is 27.4 Å². The fourth-order valence-corrected chi connectivity index (χ4v) is 4.54. The minimum Gasteiger partial charge on any atom is -0.324 e. The van der Waals surface area contributed by atoms with E-state index in [-0.39, 0.29) is 16.3 Å². The number of hydrogen-bond acceptors (Lipinski definition) is 5. The first kappa shape index (κ1) is 22.0. The molecule has 3 rings (SSSR count). The predicted molar refractivity (Wildman–Crippen MR) is 119 cm³/mol. The van der Waals surface area contributed by atoms with Gasteiger partial charge in [0, 0.05) is 17.8 Å². The van der Waals surface area contributed by atoms with E-state index in [1.807, 2.05) is 32.0 Å². The molecule has 1 N–H and O–H groups in total. The Labute approximate surface area is 180 Å².